The topological polar surface area (TPSA) is 128 Å². The maximum absolute atomic E-state index is 14.3. The first kappa shape index (κ1) is 39.7. The van der Waals surface area contributed by atoms with Gasteiger partial charge in [0.25, 0.3) is 0 Å². The Balaban J connectivity index is 0.00000312. The number of carbonyl (C=O) groups excluding carboxylic acids is 3. The van der Waals surface area contributed by atoms with Gasteiger partial charge in [0.1, 0.15) is 12.1 Å². The van der Waals surface area contributed by atoms with Gasteiger partial charge in [-0.2, -0.15) is 0 Å². The molecule has 0 bridgehead atoms. The largest absolute Gasteiger partial charge is 0.347 e. The van der Waals surface area contributed by atoms with E-state index in [1.165, 1.54) is 5.56 Å². The SMILES string of the molecule is CC[C@@H](C)C(=O)N[C@@H](CCCCNS(=O)(=O)c1ccccc1)C(=O)N1C[C@H]2CCCN2C[C@H]1C(=O)N[C@@H]1CCCc2ccccc21.Cl.Cl. The number of amides is 3. The quantitative estimate of drug-likeness (QED) is 0.264. The molecule has 0 spiro atoms. The van der Waals surface area contributed by atoms with Gasteiger partial charge in [0, 0.05) is 31.6 Å². The Labute approximate surface area is 298 Å². The molecule has 1 aliphatic carbocycles. The fourth-order valence-electron chi connectivity index (χ4n) is 6.98. The van der Waals surface area contributed by atoms with E-state index in [1.54, 1.807) is 35.2 Å². The van der Waals surface area contributed by atoms with E-state index in [0.717, 1.165) is 44.2 Å². The third-order valence-corrected chi connectivity index (χ3v) is 11.4. The van der Waals surface area contributed by atoms with Crippen LogP contribution in [0.3, 0.4) is 0 Å². The predicted molar refractivity (Wildman–Crippen MR) is 192 cm³/mol. The number of aryl methyl sites for hydroxylation is 1. The summed E-state index contributed by atoms with van der Waals surface area (Å²) in [6.45, 7) is 5.82. The van der Waals surface area contributed by atoms with Crippen LogP contribution >= 0.6 is 24.8 Å². The lowest BCUT2D eigenvalue weighted by atomic mass is 9.87. The van der Waals surface area contributed by atoms with Crippen molar-refractivity contribution in [3.05, 3.63) is 65.7 Å². The standard InChI is InChI=1S/C35H49N5O5S.2ClH/c1-3-25(2)33(41)38-31(19-9-10-21-36-46(44,45)28-16-5-4-6-17-28)35(43)40-23-27-15-12-22-39(27)24-32(40)34(42)37-30-20-11-14-26-13-7-8-18-29(26)30;;/h4-8,13,16-18,25,27,30-32,36H,3,9-12,14-15,19-24H2,1-2H3,(H,37,42)(H,38,41);2*1H/t25-,27-,30-,31+,32+;;/m1../s1. The van der Waals surface area contributed by atoms with Gasteiger partial charge in [0.2, 0.25) is 27.7 Å². The van der Waals surface area contributed by atoms with Crippen molar-refractivity contribution in [2.24, 2.45) is 5.92 Å². The molecule has 0 saturated carbocycles. The van der Waals surface area contributed by atoms with Crippen molar-refractivity contribution >= 4 is 52.6 Å². The van der Waals surface area contributed by atoms with Crippen molar-refractivity contribution in [2.75, 3.05) is 26.2 Å². The number of benzene rings is 2. The lowest BCUT2D eigenvalue weighted by Gasteiger charge is -2.44. The minimum absolute atomic E-state index is 0. The molecule has 0 radical (unpaired) electrons. The Hall–Kier alpha value is -2.70. The van der Waals surface area contributed by atoms with Crippen LogP contribution in [0, 0.1) is 5.92 Å². The van der Waals surface area contributed by atoms with E-state index >= 15 is 0 Å². The van der Waals surface area contributed by atoms with Gasteiger partial charge in [-0.3, -0.25) is 19.3 Å². The number of piperazine rings is 1. The zero-order valence-corrected chi connectivity index (χ0v) is 30.4. The van der Waals surface area contributed by atoms with E-state index in [4.69, 9.17) is 0 Å². The third-order valence-electron chi connectivity index (χ3n) is 9.90. The number of carbonyl (C=O) groups is 3. The Bertz CT molecular complexity index is 1480. The second kappa shape index (κ2) is 18.3. The minimum Gasteiger partial charge on any atom is -0.347 e. The number of halogens is 2. The fourth-order valence-corrected chi connectivity index (χ4v) is 8.07. The smallest absolute Gasteiger partial charge is 0.245 e. The number of nitrogens with one attached hydrogen (secondary N) is 3. The van der Waals surface area contributed by atoms with E-state index in [-0.39, 0.29) is 72.0 Å². The highest BCUT2D eigenvalue weighted by Gasteiger charge is 2.44. The number of unbranched alkanes of at least 4 members (excludes halogenated alkanes) is 1. The van der Waals surface area contributed by atoms with Gasteiger partial charge in [-0.05, 0) is 87.6 Å². The van der Waals surface area contributed by atoms with Crippen molar-refractivity contribution in [1.82, 2.24) is 25.2 Å². The van der Waals surface area contributed by atoms with Crippen LogP contribution in [-0.2, 0) is 30.8 Å². The summed E-state index contributed by atoms with van der Waals surface area (Å²) in [5.41, 5.74) is 2.41. The van der Waals surface area contributed by atoms with E-state index in [2.05, 4.69) is 32.4 Å². The molecule has 10 nitrogen and oxygen atoms in total. The molecular formula is C35H51Cl2N5O5S. The molecule has 266 valence electrons. The molecule has 2 saturated heterocycles. The normalized spacial score (nSPS) is 21.8. The number of nitrogens with zero attached hydrogens (tertiary/aromatic N) is 2. The van der Waals surface area contributed by atoms with Crippen LogP contribution in [0.25, 0.3) is 0 Å². The summed E-state index contributed by atoms with van der Waals surface area (Å²) in [6.07, 6.45) is 6.86. The molecule has 0 aromatic heterocycles. The van der Waals surface area contributed by atoms with Crippen LogP contribution in [0.1, 0.15) is 82.4 Å². The summed E-state index contributed by atoms with van der Waals surface area (Å²) < 4.78 is 27.9. The zero-order valence-electron chi connectivity index (χ0n) is 27.9. The number of hydrogen-bond acceptors (Lipinski definition) is 6. The number of hydrogen-bond donors (Lipinski definition) is 3. The monoisotopic (exact) mass is 723 g/mol. The third kappa shape index (κ3) is 9.72. The molecule has 2 aromatic carbocycles. The second-order valence-electron chi connectivity index (χ2n) is 13.0. The van der Waals surface area contributed by atoms with Gasteiger partial charge in [0.05, 0.1) is 10.9 Å². The molecule has 2 fully saturated rings. The zero-order chi connectivity index (χ0) is 32.7. The Kier molecular flexibility index (Phi) is 15.2. The maximum atomic E-state index is 14.3. The van der Waals surface area contributed by atoms with E-state index in [9.17, 15) is 22.8 Å². The van der Waals surface area contributed by atoms with Gasteiger partial charge in [-0.25, -0.2) is 13.1 Å². The highest BCUT2D eigenvalue weighted by Crippen LogP contribution is 2.31. The lowest BCUT2D eigenvalue weighted by Crippen LogP contribution is -2.65. The van der Waals surface area contributed by atoms with Crippen molar-refractivity contribution in [3.8, 4) is 0 Å². The van der Waals surface area contributed by atoms with Crippen LogP contribution < -0.4 is 15.4 Å². The van der Waals surface area contributed by atoms with Crippen molar-refractivity contribution < 1.29 is 22.8 Å². The molecular weight excluding hydrogens is 673 g/mol. The van der Waals surface area contributed by atoms with Crippen molar-refractivity contribution in [1.29, 1.82) is 0 Å². The van der Waals surface area contributed by atoms with E-state index < -0.39 is 22.1 Å². The summed E-state index contributed by atoms with van der Waals surface area (Å²) >= 11 is 0. The molecule has 48 heavy (non-hydrogen) atoms. The number of fused-ring (bicyclic) bond motifs is 2. The molecule has 2 heterocycles. The van der Waals surface area contributed by atoms with E-state index in [0.29, 0.717) is 38.8 Å². The lowest BCUT2D eigenvalue weighted by molar-refractivity contribution is -0.148. The Morgan fingerprint density at radius 3 is 2.42 bits per heavy atom. The summed E-state index contributed by atoms with van der Waals surface area (Å²) in [6, 6.07) is 15.1. The molecule has 5 rings (SSSR count). The first-order chi connectivity index (χ1) is 22.2. The molecule has 2 aliphatic heterocycles. The highest BCUT2D eigenvalue weighted by molar-refractivity contribution is 7.89. The van der Waals surface area contributed by atoms with Crippen LogP contribution in [0.2, 0.25) is 0 Å². The molecule has 3 aliphatic rings. The second-order valence-corrected chi connectivity index (χ2v) is 14.8. The van der Waals surface area contributed by atoms with Crippen molar-refractivity contribution in [3.63, 3.8) is 0 Å². The van der Waals surface area contributed by atoms with Crippen LogP contribution in [0.4, 0.5) is 0 Å². The fraction of sp³-hybridized carbons (Fsp3) is 0.571. The molecule has 13 heteroatoms. The summed E-state index contributed by atoms with van der Waals surface area (Å²) in [5, 5.41) is 6.29. The number of sulfonamides is 1. The summed E-state index contributed by atoms with van der Waals surface area (Å²) in [4.78, 5) is 45.7. The van der Waals surface area contributed by atoms with Crippen LogP contribution in [-0.4, -0.2) is 80.2 Å². The Morgan fingerprint density at radius 1 is 0.938 bits per heavy atom. The number of rotatable bonds is 13. The van der Waals surface area contributed by atoms with Gasteiger partial charge >= 0.3 is 0 Å². The van der Waals surface area contributed by atoms with Crippen molar-refractivity contribution in [2.45, 2.75) is 101 Å². The molecule has 3 amide bonds. The minimum atomic E-state index is -3.63. The molecule has 3 N–H and O–H groups in total. The molecule has 5 atom stereocenters. The first-order valence-electron chi connectivity index (χ1n) is 17.0. The summed E-state index contributed by atoms with van der Waals surface area (Å²) in [7, 11) is -3.63. The molecule has 2 aromatic rings. The predicted octanol–water partition coefficient (Wildman–Crippen LogP) is 4.38. The highest BCUT2D eigenvalue weighted by atomic mass is 35.5. The van der Waals surface area contributed by atoms with Gasteiger partial charge in [-0.15, -0.1) is 24.8 Å². The maximum Gasteiger partial charge on any atom is 0.245 e. The van der Waals surface area contributed by atoms with E-state index in [1.807, 2.05) is 26.0 Å². The first-order valence-corrected chi connectivity index (χ1v) is 18.4. The Morgan fingerprint density at radius 2 is 1.67 bits per heavy atom. The summed E-state index contributed by atoms with van der Waals surface area (Å²) in [5.74, 6) is -0.838. The van der Waals surface area contributed by atoms with Gasteiger partial charge in [-0.1, -0.05) is 56.3 Å². The van der Waals surface area contributed by atoms with Gasteiger partial charge < -0.3 is 15.5 Å². The molecule has 0 unspecified atom stereocenters. The van der Waals surface area contributed by atoms with Crippen LogP contribution in [0.5, 0.6) is 0 Å². The van der Waals surface area contributed by atoms with Crippen LogP contribution in [0.15, 0.2) is 59.5 Å². The average Bonchev–Trinajstić information content (AvgIpc) is 3.54. The average molecular weight is 725 g/mol. The van der Waals surface area contributed by atoms with Gasteiger partial charge in [0.15, 0.2) is 0 Å².